The molecule has 2 aliphatic rings. The summed E-state index contributed by atoms with van der Waals surface area (Å²) in [6, 6.07) is 6.29. The molecule has 1 saturated heterocycles. The van der Waals surface area contributed by atoms with Gasteiger partial charge in [-0.05, 0) is 36.8 Å². The van der Waals surface area contributed by atoms with Crippen molar-refractivity contribution >= 4 is 11.9 Å². The molecule has 0 bridgehead atoms. The average molecular weight is 319 g/mol. The zero-order chi connectivity index (χ0) is 16.4. The third kappa shape index (κ3) is 3.11. The maximum atomic E-state index is 12.4. The number of carboxylic acid groups (broad SMARTS) is 1. The Morgan fingerprint density at radius 2 is 2.09 bits per heavy atom. The summed E-state index contributed by atoms with van der Waals surface area (Å²) < 4.78 is 10.6. The first kappa shape index (κ1) is 15.6. The number of nitrogens with zero attached hydrogens (tertiary/aromatic N) is 1. The highest BCUT2D eigenvalue weighted by Crippen LogP contribution is 2.42. The number of hydrogen-bond donors (Lipinski definition) is 1. The fourth-order valence-electron chi connectivity index (χ4n) is 3.80. The molecule has 1 aliphatic carbocycles. The number of carbonyl (C=O) groups is 2. The van der Waals surface area contributed by atoms with Gasteiger partial charge in [0.05, 0.1) is 7.11 Å². The molecule has 3 atom stereocenters. The minimum atomic E-state index is -0.908. The van der Waals surface area contributed by atoms with Crippen molar-refractivity contribution in [3.8, 4) is 11.5 Å². The number of carboxylic acids is 1. The van der Waals surface area contributed by atoms with Crippen LogP contribution in [0.3, 0.4) is 0 Å². The number of hydrogen-bond acceptors (Lipinski definition) is 4. The molecule has 6 heteroatoms. The third-order valence-electron chi connectivity index (χ3n) is 4.87. The van der Waals surface area contributed by atoms with E-state index in [1.165, 1.54) is 4.90 Å². The highest BCUT2D eigenvalue weighted by molar-refractivity contribution is 5.85. The van der Waals surface area contributed by atoms with Crippen molar-refractivity contribution < 1.29 is 24.2 Å². The van der Waals surface area contributed by atoms with Gasteiger partial charge >= 0.3 is 5.97 Å². The zero-order valence-electron chi connectivity index (χ0n) is 13.1. The summed E-state index contributed by atoms with van der Waals surface area (Å²) in [4.78, 5) is 25.5. The predicted molar refractivity (Wildman–Crippen MR) is 82.5 cm³/mol. The Labute approximate surface area is 135 Å². The molecule has 1 amide bonds. The van der Waals surface area contributed by atoms with Crippen LogP contribution in [-0.2, 0) is 9.59 Å². The van der Waals surface area contributed by atoms with Gasteiger partial charge in [0.15, 0.2) is 6.61 Å². The van der Waals surface area contributed by atoms with E-state index in [1.54, 1.807) is 31.4 Å². The summed E-state index contributed by atoms with van der Waals surface area (Å²) >= 11 is 0. The minimum absolute atomic E-state index is 0.0910. The molecule has 2 fully saturated rings. The van der Waals surface area contributed by atoms with Crippen LogP contribution >= 0.6 is 0 Å². The second-order valence-corrected chi connectivity index (χ2v) is 6.15. The van der Waals surface area contributed by atoms with Crippen LogP contribution in [0.25, 0.3) is 0 Å². The number of rotatable bonds is 5. The predicted octanol–water partition coefficient (Wildman–Crippen LogP) is 1.79. The lowest BCUT2D eigenvalue weighted by molar-refractivity contribution is -0.150. The molecule has 0 aromatic heterocycles. The van der Waals surface area contributed by atoms with Crippen LogP contribution in [0.2, 0.25) is 0 Å². The van der Waals surface area contributed by atoms with E-state index in [1.807, 2.05) is 0 Å². The van der Waals surface area contributed by atoms with E-state index in [9.17, 15) is 14.7 Å². The second-order valence-electron chi connectivity index (χ2n) is 6.15. The summed E-state index contributed by atoms with van der Waals surface area (Å²) in [5.41, 5.74) is 0. The number of methoxy groups -OCH3 is 1. The van der Waals surface area contributed by atoms with Gasteiger partial charge in [0.25, 0.3) is 5.91 Å². The molecule has 0 spiro atoms. The molecule has 0 radical (unpaired) electrons. The van der Waals surface area contributed by atoms with Gasteiger partial charge < -0.3 is 19.5 Å². The zero-order valence-corrected chi connectivity index (χ0v) is 13.1. The molecule has 0 unspecified atom stereocenters. The Morgan fingerprint density at radius 3 is 2.83 bits per heavy atom. The topological polar surface area (TPSA) is 76.1 Å². The molecule has 1 aliphatic heterocycles. The van der Waals surface area contributed by atoms with E-state index in [0.29, 0.717) is 24.0 Å². The highest BCUT2D eigenvalue weighted by atomic mass is 16.5. The van der Waals surface area contributed by atoms with Gasteiger partial charge in [0.1, 0.15) is 17.5 Å². The summed E-state index contributed by atoms with van der Waals surface area (Å²) in [7, 11) is 1.56. The number of ether oxygens (including phenoxy) is 2. The highest BCUT2D eigenvalue weighted by Gasteiger charge is 2.49. The lowest BCUT2D eigenvalue weighted by Crippen LogP contribution is -2.45. The van der Waals surface area contributed by atoms with E-state index in [4.69, 9.17) is 9.47 Å². The van der Waals surface area contributed by atoms with Gasteiger partial charge in [0, 0.05) is 12.6 Å². The first-order chi connectivity index (χ1) is 11.1. The van der Waals surface area contributed by atoms with Crippen LogP contribution in [0.5, 0.6) is 11.5 Å². The first-order valence-electron chi connectivity index (χ1n) is 7.89. The Kier molecular flexibility index (Phi) is 4.41. The fourth-order valence-corrected chi connectivity index (χ4v) is 3.80. The van der Waals surface area contributed by atoms with Crippen molar-refractivity contribution in [2.75, 3.05) is 20.3 Å². The molecule has 1 aromatic carbocycles. The number of likely N-dealkylation sites (tertiary alicyclic amines) is 1. The van der Waals surface area contributed by atoms with Crippen molar-refractivity contribution in [1.82, 2.24) is 4.90 Å². The number of amides is 1. The Hall–Kier alpha value is -2.24. The van der Waals surface area contributed by atoms with Crippen LogP contribution < -0.4 is 9.47 Å². The minimum Gasteiger partial charge on any atom is -0.497 e. The largest absolute Gasteiger partial charge is 0.497 e. The standard InChI is InChI=1S/C17H21NO5/c1-22-12-5-3-6-13(8-12)23-10-15(19)18-9-11-4-2-7-14(11)16(18)17(20)21/h3,5-6,8,11,14,16H,2,4,7,9-10H2,1H3,(H,20,21)/t11-,14-,16+/m0/s1. The lowest BCUT2D eigenvalue weighted by atomic mass is 9.94. The lowest BCUT2D eigenvalue weighted by Gasteiger charge is -2.24. The van der Waals surface area contributed by atoms with Crippen LogP contribution in [0.1, 0.15) is 19.3 Å². The molecule has 1 N–H and O–H groups in total. The maximum Gasteiger partial charge on any atom is 0.326 e. The molecule has 23 heavy (non-hydrogen) atoms. The molecule has 1 saturated carbocycles. The van der Waals surface area contributed by atoms with Crippen LogP contribution in [0.4, 0.5) is 0 Å². The summed E-state index contributed by atoms with van der Waals surface area (Å²) in [5.74, 6) is 0.409. The molecule has 1 heterocycles. The summed E-state index contributed by atoms with van der Waals surface area (Å²) in [5, 5.41) is 9.48. The van der Waals surface area contributed by atoms with Crippen molar-refractivity contribution in [3.63, 3.8) is 0 Å². The molecular formula is C17H21NO5. The number of fused-ring (bicyclic) bond motifs is 1. The monoisotopic (exact) mass is 319 g/mol. The Bertz CT molecular complexity index is 602. The van der Waals surface area contributed by atoms with Crippen LogP contribution in [0.15, 0.2) is 24.3 Å². The van der Waals surface area contributed by atoms with Gasteiger partial charge in [-0.3, -0.25) is 4.79 Å². The SMILES string of the molecule is COc1cccc(OCC(=O)N2C[C@@H]3CCC[C@@H]3[C@@H]2C(=O)O)c1. The van der Waals surface area contributed by atoms with E-state index in [-0.39, 0.29) is 18.4 Å². The molecule has 124 valence electrons. The summed E-state index contributed by atoms with van der Waals surface area (Å²) in [6.45, 7) is 0.373. The van der Waals surface area contributed by atoms with E-state index < -0.39 is 12.0 Å². The fraction of sp³-hybridized carbons (Fsp3) is 0.529. The molecular weight excluding hydrogens is 298 g/mol. The van der Waals surface area contributed by atoms with Gasteiger partial charge in [-0.25, -0.2) is 4.79 Å². The van der Waals surface area contributed by atoms with Crippen molar-refractivity contribution in [1.29, 1.82) is 0 Å². The van der Waals surface area contributed by atoms with Crippen LogP contribution in [0, 0.1) is 11.8 Å². The maximum absolute atomic E-state index is 12.4. The van der Waals surface area contributed by atoms with Gasteiger partial charge in [0.2, 0.25) is 0 Å². The average Bonchev–Trinajstić information content (AvgIpc) is 3.13. The van der Waals surface area contributed by atoms with Gasteiger partial charge in [-0.15, -0.1) is 0 Å². The number of aliphatic carboxylic acids is 1. The third-order valence-corrected chi connectivity index (χ3v) is 4.87. The number of benzene rings is 1. The number of carbonyl (C=O) groups excluding carboxylic acids is 1. The van der Waals surface area contributed by atoms with Crippen molar-refractivity contribution in [2.24, 2.45) is 11.8 Å². The van der Waals surface area contributed by atoms with Gasteiger partial charge in [-0.2, -0.15) is 0 Å². The van der Waals surface area contributed by atoms with E-state index in [2.05, 4.69) is 0 Å². The van der Waals surface area contributed by atoms with E-state index >= 15 is 0 Å². The quantitative estimate of drug-likeness (QED) is 0.895. The van der Waals surface area contributed by atoms with Crippen molar-refractivity contribution in [2.45, 2.75) is 25.3 Å². The summed E-state index contributed by atoms with van der Waals surface area (Å²) in [6.07, 6.45) is 2.96. The smallest absolute Gasteiger partial charge is 0.326 e. The van der Waals surface area contributed by atoms with E-state index in [0.717, 1.165) is 19.3 Å². The first-order valence-corrected chi connectivity index (χ1v) is 7.89. The van der Waals surface area contributed by atoms with Crippen LogP contribution in [-0.4, -0.2) is 48.2 Å². The molecule has 1 aromatic rings. The Morgan fingerprint density at radius 1 is 1.30 bits per heavy atom. The normalized spacial score (nSPS) is 26.0. The van der Waals surface area contributed by atoms with Crippen molar-refractivity contribution in [3.05, 3.63) is 24.3 Å². The van der Waals surface area contributed by atoms with Gasteiger partial charge in [-0.1, -0.05) is 12.5 Å². The molecule has 3 rings (SSSR count). The Balaban J connectivity index is 1.64. The second kappa shape index (κ2) is 6.48. The molecule has 6 nitrogen and oxygen atoms in total.